The van der Waals surface area contributed by atoms with E-state index in [-0.39, 0.29) is 24.3 Å². The van der Waals surface area contributed by atoms with Crippen LogP contribution < -0.4 is 5.32 Å². The van der Waals surface area contributed by atoms with Crippen molar-refractivity contribution in [1.82, 2.24) is 5.32 Å². The van der Waals surface area contributed by atoms with Crippen molar-refractivity contribution in [2.75, 3.05) is 6.61 Å². The van der Waals surface area contributed by atoms with E-state index < -0.39 is 0 Å². The molecule has 0 amide bonds. The van der Waals surface area contributed by atoms with Gasteiger partial charge in [0.15, 0.2) is 0 Å². The average molecular weight is 235 g/mol. The van der Waals surface area contributed by atoms with Crippen LogP contribution in [0.4, 0.5) is 0 Å². The van der Waals surface area contributed by atoms with Crippen LogP contribution in [0.3, 0.4) is 0 Å². The van der Waals surface area contributed by atoms with E-state index in [9.17, 15) is 5.11 Å². The van der Waals surface area contributed by atoms with Crippen LogP contribution in [0.15, 0.2) is 30.3 Å². The van der Waals surface area contributed by atoms with Gasteiger partial charge in [-0.1, -0.05) is 30.3 Å². The summed E-state index contributed by atoms with van der Waals surface area (Å²) < 4.78 is 5.58. The molecule has 0 aliphatic carbocycles. The van der Waals surface area contributed by atoms with Gasteiger partial charge in [0.25, 0.3) is 0 Å². The Morgan fingerprint density at radius 3 is 2.71 bits per heavy atom. The van der Waals surface area contributed by atoms with Gasteiger partial charge in [-0.2, -0.15) is 0 Å². The van der Waals surface area contributed by atoms with Crippen molar-refractivity contribution in [3.8, 4) is 0 Å². The predicted octanol–water partition coefficient (Wildman–Crippen LogP) is 1.88. The summed E-state index contributed by atoms with van der Waals surface area (Å²) >= 11 is 0. The first-order valence-corrected chi connectivity index (χ1v) is 6.27. The van der Waals surface area contributed by atoms with Crippen LogP contribution in [0.1, 0.15) is 31.9 Å². The molecule has 3 nitrogen and oxygen atoms in total. The highest BCUT2D eigenvalue weighted by Gasteiger charge is 2.28. The molecule has 1 heterocycles. The van der Waals surface area contributed by atoms with Crippen molar-refractivity contribution in [2.24, 2.45) is 0 Å². The lowest BCUT2D eigenvalue weighted by atomic mass is 10.00. The van der Waals surface area contributed by atoms with Crippen molar-refractivity contribution < 1.29 is 9.84 Å². The van der Waals surface area contributed by atoms with Crippen molar-refractivity contribution in [1.29, 1.82) is 0 Å². The Bertz CT molecular complexity index is 341. The molecule has 1 saturated heterocycles. The molecule has 1 fully saturated rings. The van der Waals surface area contributed by atoms with Crippen molar-refractivity contribution >= 4 is 0 Å². The zero-order valence-electron chi connectivity index (χ0n) is 10.5. The van der Waals surface area contributed by atoms with Crippen LogP contribution in [-0.2, 0) is 4.74 Å². The minimum atomic E-state index is -0.315. The standard InChI is InChI=1S/C14H21NO2/c1-10-8-14(16)13(9-17-10)15-11(2)12-6-4-3-5-7-12/h3-7,10-11,13-16H,8-9H2,1-2H3. The molecule has 3 heteroatoms. The minimum Gasteiger partial charge on any atom is -0.391 e. The Morgan fingerprint density at radius 2 is 2.06 bits per heavy atom. The first-order chi connectivity index (χ1) is 8.16. The molecule has 1 aliphatic heterocycles. The van der Waals surface area contributed by atoms with E-state index in [4.69, 9.17) is 4.74 Å². The fraction of sp³-hybridized carbons (Fsp3) is 0.571. The maximum atomic E-state index is 9.99. The van der Waals surface area contributed by atoms with E-state index in [1.165, 1.54) is 5.56 Å². The Morgan fingerprint density at radius 1 is 1.35 bits per heavy atom. The lowest BCUT2D eigenvalue weighted by molar-refractivity contribution is -0.0600. The fourth-order valence-corrected chi connectivity index (χ4v) is 2.27. The highest BCUT2D eigenvalue weighted by atomic mass is 16.5. The number of nitrogens with one attached hydrogen (secondary N) is 1. The molecule has 2 N–H and O–H groups in total. The highest BCUT2D eigenvalue weighted by Crippen LogP contribution is 2.18. The molecule has 1 aromatic rings. The summed E-state index contributed by atoms with van der Waals surface area (Å²) in [7, 11) is 0. The average Bonchev–Trinajstić information content (AvgIpc) is 2.34. The number of benzene rings is 1. The number of ether oxygens (including phenoxy) is 1. The van der Waals surface area contributed by atoms with Gasteiger partial charge < -0.3 is 15.2 Å². The Kier molecular flexibility index (Phi) is 4.15. The molecule has 0 aromatic heterocycles. The molecule has 0 radical (unpaired) electrons. The molecular formula is C14H21NO2. The number of hydrogen-bond acceptors (Lipinski definition) is 3. The van der Waals surface area contributed by atoms with Gasteiger partial charge in [0, 0.05) is 12.5 Å². The van der Waals surface area contributed by atoms with Crippen LogP contribution in [0, 0.1) is 0 Å². The van der Waals surface area contributed by atoms with E-state index >= 15 is 0 Å². The van der Waals surface area contributed by atoms with Gasteiger partial charge in [0.05, 0.1) is 24.9 Å². The molecule has 4 atom stereocenters. The van der Waals surface area contributed by atoms with E-state index in [1.54, 1.807) is 0 Å². The second-order valence-electron chi connectivity index (χ2n) is 4.85. The van der Waals surface area contributed by atoms with Gasteiger partial charge in [0.2, 0.25) is 0 Å². The van der Waals surface area contributed by atoms with Crippen molar-refractivity contribution in [3.63, 3.8) is 0 Å². The smallest absolute Gasteiger partial charge is 0.0740 e. The maximum absolute atomic E-state index is 9.99. The molecule has 94 valence electrons. The topological polar surface area (TPSA) is 41.5 Å². The summed E-state index contributed by atoms with van der Waals surface area (Å²) in [6.07, 6.45) is 0.555. The third-order valence-corrected chi connectivity index (χ3v) is 3.36. The number of aliphatic hydroxyl groups is 1. The first kappa shape index (κ1) is 12.6. The van der Waals surface area contributed by atoms with E-state index in [0.29, 0.717) is 13.0 Å². The van der Waals surface area contributed by atoms with Crippen LogP contribution >= 0.6 is 0 Å². The Labute approximate surface area is 103 Å². The lowest BCUT2D eigenvalue weighted by Gasteiger charge is -2.34. The summed E-state index contributed by atoms with van der Waals surface area (Å²) in [6, 6.07) is 10.5. The number of rotatable bonds is 3. The monoisotopic (exact) mass is 235 g/mol. The SMILES string of the molecule is CC1CC(O)C(NC(C)c2ccccc2)CO1. The largest absolute Gasteiger partial charge is 0.391 e. The maximum Gasteiger partial charge on any atom is 0.0740 e. The van der Waals surface area contributed by atoms with E-state index in [1.807, 2.05) is 25.1 Å². The van der Waals surface area contributed by atoms with Crippen LogP contribution in [0.2, 0.25) is 0 Å². The van der Waals surface area contributed by atoms with Gasteiger partial charge in [0.1, 0.15) is 0 Å². The van der Waals surface area contributed by atoms with Gasteiger partial charge in [-0.15, -0.1) is 0 Å². The molecule has 4 unspecified atom stereocenters. The van der Waals surface area contributed by atoms with Gasteiger partial charge in [-0.3, -0.25) is 0 Å². The van der Waals surface area contributed by atoms with Crippen LogP contribution in [-0.4, -0.2) is 30.0 Å². The second-order valence-corrected chi connectivity index (χ2v) is 4.85. The molecule has 0 bridgehead atoms. The van der Waals surface area contributed by atoms with Gasteiger partial charge >= 0.3 is 0 Å². The lowest BCUT2D eigenvalue weighted by Crippen LogP contribution is -2.49. The molecule has 0 spiro atoms. The summed E-state index contributed by atoms with van der Waals surface area (Å²) in [6.45, 7) is 4.69. The number of hydrogen-bond donors (Lipinski definition) is 2. The van der Waals surface area contributed by atoms with E-state index in [2.05, 4.69) is 24.4 Å². The zero-order valence-corrected chi connectivity index (χ0v) is 10.5. The Balaban J connectivity index is 1.93. The highest BCUT2D eigenvalue weighted by molar-refractivity contribution is 5.18. The summed E-state index contributed by atoms with van der Waals surface area (Å²) in [4.78, 5) is 0. The van der Waals surface area contributed by atoms with Gasteiger partial charge in [-0.05, 0) is 19.4 Å². The third-order valence-electron chi connectivity index (χ3n) is 3.36. The molecular weight excluding hydrogens is 214 g/mol. The summed E-state index contributed by atoms with van der Waals surface area (Å²) in [5, 5.41) is 13.4. The number of aliphatic hydroxyl groups excluding tert-OH is 1. The summed E-state index contributed by atoms with van der Waals surface area (Å²) in [5.41, 5.74) is 1.23. The Hall–Kier alpha value is -0.900. The normalized spacial score (nSPS) is 31.1. The van der Waals surface area contributed by atoms with Crippen molar-refractivity contribution in [3.05, 3.63) is 35.9 Å². The molecule has 1 aromatic carbocycles. The first-order valence-electron chi connectivity index (χ1n) is 6.27. The van der Waals surface area contributed by atoms with Gasteiger partial charge in [-0.25, -0.2) is 0 Å². The zero-order chi connectivity index (χ0) is 12.3. The molecule has 17 heavy (non-hydrogen) atoms. The molecule has 0 saturated carbocycles. The van der Waals surface area contributed by atoms with Crippen LogP contribution in [0.5, 0.6) is 0 Å². The minimum absolute atomic E-state index is 0.0291. The third kappa shape index (κ3) is 3.28. The summed E-state index contributed by atoms with van der Waals surface area (Å²) in [5.74, 6) is 0. The second kappa shape index (κ2) is 5.63. The quantitative estimate of drug-likeness (QED) is 0.840. The molecule has 1 aliphatic rings. The van der Waals surface area contributed by atoms with Crippen molar-refractivity contribution in [2.45, 2.75) is 44.6 Å². The molecule has 2 rings (SSSR count). The van der Waals surface area contributed by atoms with E-state index in [0.717, 1.165) is 0 Å². The van der Waals surface area contributed by atoms with Crippen LogP contribution in [0.25, 0.3) is 0 Å². The fourth-order valence-electron chi connectivity index (χ4n) is 2.27. The predicted molar refractivity (Wildman–Crippen MR) is 67.8 cm³/mol.